The van der Waals surface area contributed by atoms with E-state index in [2.05, 4.69) is 74.2 Å². The van der Waals surface area contributed by atoms with Crippen LogP contribution < -0.4 is 4.90 Å². The van der Waals surface area contributed by atoms with Crippen LogP contribution in [0.4, 0.5) is 5.69 Å². The average Bonchev–Trinajstić information content (AvgIpc) is 2.56. The third-order valence-corrected chi connectivity index (χ3v) is 4.12. The van der Waals surface area contributed by atoms with Crippen molar-refractivity contribution in [3.63, 3.8) is 0 Å². The molecule has 0 spiro atoms. The van der Waals surface area contributed by atoms with Gasteiger partial charge in [-0.25, -0.2) is 0 Å². The molecule has 0 heterocycles. The van der Waals surface area contributed by atoms with Crippen LogP contribution >= 0.6 is 0 Å². The van der Waals surface area contributed by atoms with E-state index in [0.29, 0.717) is 0 Å². The van der Waals surface area contributed by atoms with Crippen LogP contribution in [0.3, 0.4) is 0 Å². The summed E-state index contributed by atoms with van der Waals surface area (Å²) >= 11 is 0. The zero-order valence-corrected chi connectivity index (χ0v) is 14.0. The van der Waals surface area contributed by atoms with Gasteiger partial charge in [0.15, 0.2) is 0 Å². The van der Waals surface area contributed by atoms with Crippen LogP contribution in [0.25, 0.3) is 11.1 Å². The highest BCUT2D eigenvalue weighted by molar-refractivity contribution is 5.81. The normalized spacial score (nSPS) is 10.7. The van der Waals surface area contributed by atoms with Crippen molar-refractivity contribution < 1.29 is 0 Å². The summed E-state index contributed by atoms with van der Waals surface area (Å²) in [7, 11) is 0. The second kappa shape index (κ2) is 8.63. The summed E-state index contributed by atoms with van der Waals surface area (Å²) in [6, 6.07) is 17.2. The third-order valence-electron chi connectivity index (χ3n) is 4.12. The standard InChI is InChI=1S/C21H28N/c1-4-6-16-22(17-7-5-2)21-15-11-10-14-20(21)19-13-9-8-12-18(19)3/h8-15H,3-7,16-17H2,1-2H3. The maximum atomic E-state index is 4.20. The molecular formula is C21H28N. The summed E-state index contributed by atoms with van der Waals surface area (Å²) < 4.78 is 0. The van der Waals surface area contributed by atoms with Gasteiger partial charge < -0.3 is 4.90 Å². The van der Waals surface area contributed by atoms with Crippen LogP contribution in [0.15, 0.2) is 48.5 Å². The van der Waals surface area contributed by atoms with Crippen molar-refractivity contribution in [2.75, 3.05) is 18.0 Å². The molecule has 0 saturated carbocycles. The van der Waals surface area contributed by atoms with Crippen LogP contribution in [0.1, 0.15) is 45.1 Å². The van der Waals surface area contributed by atoms with Crippen LogP contribution in [0, 0.1) is 6.92 Å². The second-order valence-corrected chi connectivity index (χ2v) is 5.87. The lowest BCUT2D eigenvalue weighted by Crippen LogP contribution is -2.26. The summed E-state index contributed by atoms with van der Waals surface area (Å²) in [5, 5.41) is 0. The number of unbranched alkanes of at least 4 members (excludes halogenated alkanes) is 2. The Balaban J connectivity index is 2.38. The first-order valence-electron chi connectivity index (χ1n) is 8.53. The Morgan fingerprint density at radius 1 is 0.773 bits per heavy atom. The van der Waals surface area contributed by atoms with Crippen LogP contribution in [0.5, 0.6) is 0 Å². The highest BCUT2D eigenvalue weighted by Crippen LogP contribution is 2.33. The van der Waals surface area contributed by atoms with Crippen molar-refractivity contribution in [2.24, 2.45) is 0 Å². The number of anilines is 1. The minimum atomic E-state index is 1.10. The molecule has 2 aromatic carbocycles. The van der Waals surface area contributed by atoms with Gasteiger partial charge in [0.05, 0.1) is 0 Å². The lowest BCUT2D eigenvalue weighted by molar-refractivity contribution is 0.678. The van der Waals surface area contributed by atoms with Gasteiger partial charge in [0, 0.05) is 24.3 Å². The molecule has 0 aromatic heterocycles. The number of hydrogen-bond donors (Lipinski definition) is 0. The predicted octanol–water partition coefficient (Wildman–Crippen LogP) is 5.94. The Bertz CT molecular complexity index is 566. The number of rotatable bonds is 8. The van der Waals surface area contributed by atoms with Crippen molar-refractivity contribution in [1.29, 1.82) is 0 Å². The van der Waals surface area contributed by atoms with Gasteiger partial charge in [0.2, 0.25) is 0 Å². The van der Waals surface area contributed by atoms with Gasteiger partial charge in [-0.05, 0) is 37.0 Å². The van der Waals surface area contributed by atoms with Crippen molar-refractivity contribution in [3.05, 3.63) is 61.0 Å². The van der Waals surface area contributed by atoms with Crippen molar-refractivity contribution in [3.8, 4) is 11.1 Å². The topological polar surface area (TPSA) is 3.24 Å². The molecular weight excluding hydrogens is 266 g/mol. The molecule has 0 N–H and O–H groups in total. The maximum absolute atomic E-state index is 4.20. The van der Waals surface area contributed by atoms with Gasteiger partial charge in [-0.15, -0.1) is 0 Å². The molecule has 0 unspecified atom stereocenters. The first kappa shape index (κ1) is 16.6. The molecule has 0 fully saturated rings. The first-order valence-corrected chi connectivity index (χ1v) is 8.53. The zero-order valence-electron chi connectivity index (χ0n) is 14.0. The number of hydrogen-bond acceptors (Lipinski definition) is 1. The van der Waals surface area contributed by atoms with Crippen LogP contribution in [0.2, 0.25) is 0 Å². The van der Waals surface area contributed by atoms with E-state index in [4.69, 9.17) is 0 Å². The fraction of sp³-hybridized carbons (Fsp3) is 0.381. The molecule has 1 radical (unpaired) electrons. The second-order valence-electron chi connectivity index (χ2n) is 5.87. The van der Waals surface area contributed by atoms with E-state index in [1.807, 2.05) is 0 Å². The Hall–Kier alpha value is -1.76. The van der Waals surface area contributed by atoms with E-state index in [9.17, 15) is 0 Å². The SMILES string of the molecule is [CH2]c1ccccc1-c1ccccc1N(CCCC)CCCC. The predicted molar refractivity (Wildman–Crippen MR) is 98.4 cm³/mol. The van der Waals surface area contributed by atoms with E-state index < -0.39 is 0 Å². The summed E-state index contributed by atoms with van der Waals surface area (Å²) in [4.78, 5) is 2.55. The average molecular weight is 294 g/mol. The molecule has 0 amide bonds. The monoisotopic (exact) mass is 294 g/mol. The molecule has 117 valence electrons. The summed E-state index contributed by atoms with van der Waals surface area (Å²) in [6.45, 7) is 11.0. The van der Waals surface area contributed by atoms with Crippen molar-refractivity contribution in [1.82, 2.24) is 0 Å². The smallest absolute Gasteiger partial charge is 0.0445 e. The van der Waals surface area contributed by atoms with Crippen molar-refractivity contribution >= 4 is 5.69 Å². The Morgan fingerprint density at radius 3 is 1.91 bits per heavy atom. The lowest BCUT2D eigenvalue weighted by atomic mass is 9.98. The fourth-order valence-electron chi connectivity index (χ4n) is 2.81. The minimum absolute atomic E-state index is 1.10. The van der Waals surface area contributed by atoms with Gasteiger partial charge in [-0.2, -0.15) is 0 Å². The van der Waals surface area contributed by atoms with Gasteiger partial charge in [-0.1, -0.05) is 69.2 Å². The van der Waals surface area contributed by atoms with Crippen LogP contribution in [-0.2, 0) is 0 Å². The highest BCUT2D eigenvalue weighted by Gasteiger charge is 2.12. The fourth-order valence-corrected chi connectivity index (χ4v) is 2.81. The van der Waals surface area contributed by atoms with E-state index in [0.717, 1.165) is 18.7 Å². The first-order chi connectivity index (χ1) is 10.8. The molecule has 0 saturated heterocycles. The number of nitrogens with zero attached hydrogens (tertiary/aromatic N) is 1. The molecule has 1 nitrogen and oxygen atoms in total. The quantitative estimate of drug-likeness (QED) is 0.582. The van der Waals surface area contributed by atoms with E-state index >= 15 is 0 Å². The Labute approximate surface area is 136 Å². The molecule has 0 aliphatic carbocycles. The molecule has 2 rings (SSSR count). The third kappa shape index (κ3) is 4.13. The summed E-state index contributed by atoms with van der Waals surface area (Å²) in [6.07, 6.45) is 4.95. The Kier molecular flexibility index (Phi) is 6.51. The molecule has 2 aromatic rings. The molecule has 1 heteroatoms. The van der Waals surface area contributed by atoms with Crippen molar-refractivity contribution in [2.45, 2.75) is 39.5 Å². The summed E-state index contributed by atoms with van der Waals surface area (Å²) in [5.41, 5.74) is 5.00. The number of para-hydroxylation sites is 1. The summed E-state index contributed by atoms with van der Waals surface area (Å²) in [5.74, 6) is 0. The Morgan fingerprint density at radius 2 is 1.32 bits per heavy atom. The largest absolute Gasteiger partial charge is 0.371 e. The van der Waals surface area contributed by atoms with Gasteiger partial charge in [-0.3, -0.25) is 0 Å². The van der Waals surface area contributed by atoms with E-state index in [1.165, 1.54) is 42.5 Å². The molecule has 0 aliphatic heterocycles. The highest BCUT2D eigenvalue weighted by atomic mass is 15.1. The zero-order chi connectivity index (χ0) is 15.8. The van der Waals surface area contributed by atoms with Gasteiger partial charge >= 0.3 is 0 Å². The van der Waals surface area contributed by atoms with Gasteiger partial charge in [0.1, 0.15) is 0 Å². The number of benzene rings is 2. The lowest BCUT2D eigenvalue weighted by Gasteiger charge is -2.27. The van der Waals surface area contributed by atoms with E-state index in [-0.39, 0.29) is 0 Å². The van der Waals surface area contributed by atoms with E-state index in [1.54, 1.807) is 0 Å². The molecule has 0 bridgehead atoms. The molecule has 0 aliphatic rings. The van der Waals surface area contributed by atoms with Gasteiger partial charge in [0.25, 0.3) is 0 Å². The molecule has 22 heavy (non-hydrogen) atoms. The maximum Gasteiger partial charge on any atom is 0.0445 e. The van der Waals surface area contributed by atoms with Crippen LogP contribution in [-0.4, -0.2) is 13.1 Å². The molecule has 0 atom stereocenters. The minimum Gasteiger partial charge on any atom is -0.371 e.